The summed E-state index contributed by atoms with van der Waals surface area (Å²) in [5.41, 5.74) is 4.01. The number of nitrogens with zero attached hydrogens (tertiary/aromatic N) is 5. The lowest BCUT2D eigenvalue weighted by atomic mass is 10.0. The molecular weight excluding hydrogens is 528 g/mol. The van der Waals surface area contributed by atoms with Crippen molar-refractivity contribution in [3.8, 4) is 5.69 Å². The molecule has 1 aliphatic heterocycles. The van der Waals surface area contributed by atoms with Crippen molar-refractivity contribution in [2.24, 2.45) is 0 Å². The van der Waals surface area contributed by atoms with Gasteiger partial charge in [-0.1, -0.05) is 17.8 Å². The summed E-state index contributed by atoms with van der Waals surface area (Å²) in [5.74, 6) is 0. The van der Waals surface area contributed by atoms with Gasteiger partial charge in [0.15, 0.2) is 5.11 Å². The molecule has 2 aromatic carbocycles. The van der Waals surface area contributed by atoms with Gasteiger partial charge in [-0.15, -0.1) is 0 Å². The second-order valence-electron chi connectivity index (χ2n) is 8.85. The molecule has 0 spiro atoms. The van der Waals surface area contributed by atoms with Gasteiger partial charge in [0.05, 0.1) is 16.7 Å². The lowest BCUT2D eigenvalue weighted by Crippen LogP contribution is -2.30. The van der Waals surface area contributed by atoms with Crippen molar-refractivity contribution in [3.05, 3.63) is 137 Å². The zero-order valence-electron chi connectivity index (χ0n) is 20.5. The molecule has 1 N–H and O–H groups in total. The standard InChI is InChI=1S/C29H22N6O2S2/c36-35(37)22-8-12-24(13-9-22)39-23-10-6-21(7-11-23)34-28(27(32-29(34)38)25-4-1-2-16-31-25)26-5-3-19-33(26)20-14-17-30-18-15-20/h1-19,27-28H,(H,32,38)/t27-,28-/m1/s1. The zero-order chi connectivity index (χ0) is 26.8. The summed E-state index contributed by atoms with van der Waals surface area (Å²) < 4.78 is 2.16. The van der Waals surface area contributed by atoms with E-state index in [1.165, 1.54) is 12.1 Å². The van der Waals surface area contributed by atoms with Gasteiger partial charge in [-0.25, -0.2) is 0 Å². The normalized spacial score (nSPS) is 16.7. The molecule has 1 saturated heterocycles. The molecule has 10 heteroatoms. The Morgan fingerprint density at radius 1 is 0.846 bits per heavy atom. The minimum atomic E-state index is -0.393. The molecule has 192 valence electrons. The van der Waals surface area contributed by atoms with E-state index in [1.54, 1.807) is 42.5 Å². The van der Waals surface area contributed by atoms with E-state index >= 15 is 0 Å². The first kappa shape index (κ1) is 24.8. The average Bonchev–Trinajstić information content (AvgIpc) is 3.59. The quantitative estimate of drug-likeness (QED) is 0.139. The van der Waals surface area contributed by atoms with Crippen LogP contribution < -0.4 is 10.2 Å². The molecule has 0 radical (unpaired) electrons. The van der Waals surface area contributed by atoms with Crippen LogP contribution in [0, 0.1) is 10.1 Å². The van der Waals surface area contributed by atoms with E-state index in [0.717, 1.165) is 32.6 Å². The van der Waals surface area contributed by atoms with E-state index in [9.17, 15) is 10.1 Å². The molecule has 1 fully saturated rings. The van der Waals surface area contributed by atoms with Crippen molar-refractivity contribution in [3.63, 3.8) is 0 Å². The molecule has 0 aliphatic carbocycles. The molecule has 0 bridgehead atoms. The minimum absolute atomic E-state index is 0.0785. The molecule has 8 nitrogen and oxygen atoms in total. The number of aromatic nitrogens is 3. The Bertz CT molecular complexity index is 1610. The number of hydrogen-bond acceptors (Lipinski definition) is 6. The third-order valence-corrected chi connectivity index (χ3v) is 7.85. The number of non-ortho nitro benzene ring substituents is 1. The number of hydrogen-bond donors (Lipinski definition) is 1. The van der Waals surface area contributed by atoms with Crippen LogP contribution in [0.4, 0.5) is 11.4 Å². The lowest BCUT2D eigenvalue weighted by molar-refractivity contribution is -0.384. The van der Waals surface area contributed by atoms with E-state index in [1.807, 2.05) is 54.7 Å². The predicted molar refractivity (Wildman–Crippen MR) is 155 cm³/mol. The third kappa shape index (κ3) is 4.99. The Morgan fingerprint density at radius 2 is 1.56 bits per heavy atom. The average molecular weight is 551 g/mol. The van der Waals surface area contributed by atoms with Crippen LogP contribution >= 0.6 is 24.0 Å². The van der Waals surface area contributed by atoms with Crippen molar-refractivity contribution in [1.82, 2.24) is 19.9 Å². The van der Waals surface area contributed by atoms with Crippen molar-refractivity contribution in [2.75, 3.05) is 4.90 Å². The maximum absolute atomic E-state index is 11.0. The maximum Gasteiger partial charge on any atom is 0.269 e. The Hall–Kier alpha value is -4.54. The highest BCUT2D eigenvalue weighted by molar-refractivity contribution is 7.99. The summed E-state index contributed by atoms with van der Waals surface area (Å²) in [5, 5.41) is 15.1. The second-order valence-corrected chi connectivity index (χ2v) is 10.4. The highest BCUT2D eigenvalue weighted by atomic mass is 32.2. The SMILES string of the molecule is O=[N+]([O-])c1ccc(Sc2ccc(N3C(=S)N[C@H](c4ccccn4)[C@H]3c3cccn3-c3ccncc3)cc2)cc1. The number of thiocarbonyl (C=S) groups is 1. The summed E-state index contributed by atoms with van der Waals surface area (Å²) in [6.07, 6.45) is 7.41. The van der Waals surface area contributed by atoms with Gasteiger partial charge in [-0.3, -0.25) is 20.1 Å². The van der Waals surface area contributed by atoms with E-state index in [2.05, 4.69) is 43.0 Å². The third-order valence-electron chi connectivity index (χ3n) is 6.52. The van der Waals surface area contributed by atoms with Crippen LogP contribution in [0.3, 0.4) is 0 Å². The number of rotatable bonds is 7. The Morgan fingerprint density at radius 3 is 2.23 bits per heavy atom. The lowest BCUT2D eigenvalue weighted by Gasteiger charge is -2.29. The van der Waals surface area contributed by atoms with Crippen LogP contribution in [0.2, 0.25) is 0 Å². The van der Waals surface area contributed by atoms with Crippen LogP contribution in [0.25, 0.3) is 5.69 Å². The smallest absolute Gasteiger partial charge is 0.269 e. The van der Waals surface area contributed by atoms with E-state index < -0.39 is 4.92 Å². The van der Waals surface area contributed by atoms with Gasteiger partial charge in [0.2, 0.25) is 0 Å². The molecule has 1 aliphatic rings. The first-order chi connectivity index (χ1) is 19.1. The molecular formula is C29H22N6O2S2. The van der Waals surface area contributed by atoms with Crippen LogP contribution in [0.5, 0.6) is 0 Å². The molecule has 4 heterocycles. The van der Waals surface area contributed by atoms with Gasteiger partial charge < -0.3 is 14.8 Å². The summed E-state index contributed by atoms with van der Waals surface area (Å²) in [4.78, 5) is 23.5. The fourth-order valence-electron chi connectivity index (χ4n) is 4.76. The Labute approximate surface area is 234 Å². The van der Waals surface area contributed by atoms with E-state index in [4.69, 9.17) is 12.2 Å². The number of pyridine rings is 2. The predicted octanol–water partition coefficient (Wildman–Crippen LogP) is 6.50. The number of nitrogens with one attached hydrogen (secondary N) is 1. The van der Waals surface area contributed by atoms with E-state index in [-0.39, 0.29) is 17.8 Å². The summed E-state index contributed by atoms with van der Waals surface area (Å²) >= 11 is 7.44. The van der Waals surface area contributed by atoms with Gasteiger partial charge in [0.1, 0.15) is 6.04 Å². The largest absolute Gasteiger partial charge is 0.351 e. The fraction of sp³-hybridized carbons (Fsp3) is 0.0690. The first-order valence-electron chi connectivity index (χ1n) is 12.2. The molecule has 0 unspecified atom stereocenters. The summed E-state index contributed by atoms with van der Waals surface area (Å²) in [6.45, 7) is 0. The van der Waals surface area contributed by atoms with Crippen LogP contribution in [0.1, 0.15) is 23.5 Å². The molecule has 0 saturated carbocycles. The summed E-state index contributed by atoms with van der Waals surface area (Å²) in [7, 11) is 0. The van der Waals surface area contributed by atoms with Crippen molar-refractivity contribution >= 4 is 40.5 Å². The van der Waals surface area contributed by atoms with Crippen molar-refractivity contribution < 1.29 is 4.92 Å². The topological polar surface area (TPSA) is 89.1 Å². The van der Waals surface area contributed by atoms with Crippen molar-refractivity contribution in [2.45, 2.75) is 21.9 Å². The number of benzene rings is 2. The molecule has 39 heavy (non-hydrogen) atoms. The van der Waals surface area contributed by atoms with Gasteiger partial charge in [0, 0.05) is 63.8 Å². The molecule has 6 rings (SSSR count). The summed E-state index contributed by atoms with van der Waals surface area (Å²) in [6, 6.07) is 28.4. The first-order valence-corrected chi connectivity index (χ1v) is 13.4. The fourth-order valence-corrected chi connectivity index (χ4v) is 5.92. The zero-order valence-corrected chi connectivity index (χ0v) is 22.1. The molecule has 3 aromatic heterocycles. The van der Waals surface area contributed by atoms with Gasteiger partial charge >= 0.3 is 0 Å². The number of nitro groups is 1. The van der Waals surface area contributed by atoms with Crippen LogP contribution in [-0.2, 0) is 0 Å². The van der Waals surface area contributed by atoms with Gasteiger partial charge in [-0.2, -0.15) is 0 Å². The molecule has 5 aromatic rings. The monoisotopic (exact) mass is 550 g/mol. The highest BCUT2D eigenvalue weighted by Gasteiger charge is 2.42. The second kappa shape index (κ2) is 10.7. The van der Waals surface area contributed by atoms with Crippen LogP contribution in [-0.4, -0.2) is 24.6 Å². The highest BCUT2D eigenvalue weighted by Crippen LogP contribution is 2.42. The Balaban J connectivity index is 1.35. The number of anilines is 1. The molecule has 0 amide bonds. The van der Waals surface area contributed by atoms with E-state index in [0.29, 0.717) is 5.11 Å². The maximum atomic E-state index is 11.0. The minimum Gasteiger partial charge on any atom is -0.351 e. The van der Waals surface area contributed by atoms with Crippen molar-refractivity contribution in [1.29, 1.82) is 0 Å². The molecule has 2 atom stereocenters. The number of nitro benzene ring substituents is 1. The van der Waals surface area contributed by atoms with Crippen LogP contribution in [0.15, 0.2) is 126 Å². The van der Waals surface area contributed by atoms with Gasteiger partial charge in [-0.05, 0) is 85.0 Å². The Kier molecular flexibility index (Phi) is 6.78. The van der Waals surface area contributed by atoms with Gasteiger partial charge in [0.25, 0.3) is 5.69 Å².